The molecule has 0 bridgehead atoms. The van der Waals surface area contributed by atoms with Crippen molar-refractivity contribution in [1.29, 1.82) is 0 Å². The zero-order valence-electron chi connectivity index (χ0n) is 17.0. The average molecular weight is 495 g/mol. The molecule has 7 heteroatoms. The van der Waals surface area contributed by atoms with Crippen LogP contribution in [0, 0.1) is 0 Å². The van der Waals surface area contributed by atoms with Gasteiger partial charge in [0.15, 0.2) is 5.96 Å². The summed E-state index contributed by atoms with van der Waals surface area (Å²) in [6, 6.07) is 14.0. The van der Waals surface area contributed by atoms with Crippen molar-refractivity contribution in [2.45, 2.75) is 39.8 Å². The summed E-state index contributed by atoms with van der Waals surface area (Å²) in [4.78, 5) is 20.9. The van der Waals surface area contributed by atoms with Gasteiger partial charge in [-0.05, 0) is 51.5 Å². The minimum atomic E-state index is -0.250. The molecule has 3 N–H and O–H groups in total. The van der Waals surface area contributed by atoms with Crippen molar-refractivity contribution in [2.24, 2.45) is 4.99 Å². The second-order valence-corrected chi connectivity index (χ2v) is 7.26. The van der Waals surface area contributed by atoms with Crippen LogP contribution in [0.3, 0.4) is 0 Å². The molecule has 1 aromatic carbocycles. The molecule has 2 aromatic rings. The molecule has 0 unspecified atom stereocenters. The largest absolute Gasteiger partial charge is 0.357 e. The van der Waals surface area contributed by atoms with Gasteiger partial charge in [0, 0.05) is 23.8 Å². The minimum absolute atomic E-state index is 0. The number of aromatic nitrogens is 1. The molecule has 0 spiro atoms. The van der Waals surface area contributed by atoms with Gasteiger partial charge in [-0.3, -0.25) is 9.78 Å². The lowest BCUT2D eigenvalue weighted by Gasteiger charge is -2.21. The van der Waals surface area contributed by atoms with Crippen LogP contribution in [0.2, 0.25) is 0 Å². The Bertz CT molecular complexity index is 772. The Kier molecular flexibility index (Phi) is 9.92. The van der Waals surface area contributed by atoms with Crippen LogP contribution >= 0.6 is 24.0 Å². The highest BCUT2D eigenvalue weighted by Gasteiger charge is 2.13. The van der Waals surface area contributed by atoms with E-state index >= 15 is 0 Å². The van der Waals surface area contributed by atoms with E-state index in [2.05, 4.69) is 32.0 Å². The van der Waals surface area contributed by atoms with Gasteiger partial charge in [0.2, 0.25) is 5.91 Å². The maximum Gasteiger partial charge on any atom is 0.239 e. The Morgan fingerprint density at radius 3 is 2.54 bits per heavy atom. The maximum atomic E-state index is 12.0. The van der Waals surface area contributed by atoms with Crippen LogP contribution in [0.15, 0.2) is 53.7 Å². The molecular weight excluding hydrogens is 465 g/mol. The molecular formula is C21H30IN5O. The van der Waals surface area contributed by atoms with Crippen LogP contribution in [-0.2, 0) is 11.3 Å². The number of rotatable bonds is 6. The highest BCUT2D eigenvalue weighted by molar-refractivity contribution is 14.0. The summed E-state index contributed by atoms with van der Waals surface area (Å²) >= 11 is 0. The smallest absolute Gasteiger partial charge is 0.239 e. The molecule has 0 aliphatic rings. The molecule has 0 saturated heterocycles. The van der Waals surface area contributed by atoms with Crippen molar-refractivity contribution in [3.05, 3.63) is 54.2 Å². The number of pyridine rings is 1. The maximum absolute atomic E-state index is 12.0. The van der Waals surface area contributed by atoms with Gasteiger partial charge in [-0.1, -0.05) is 24.3 Å². The molecule has 1 aromatic heterocycles. The molecule has 152 valence electrons. The predicted octanol–water partition coefficient (Wildman–Crippen LogP) is 3.34. The fourth-order valence-electron chi connectivity index (χ4n) is 2.50. The van der Waals surface area contributed by atoms with E-state index in [1.54, 1.807) is 6.20 Å². The topological polar surface area (TPSA) is 78.4 Å². The Hall–Kier alpha value is -2.16. The number of benzene rings is 1. The Balaban J connectivity index is 0.00000392. The minimum Gasteiger partial charge on any atom is -0.357 e. The van der Waals surface area contributed by atoms with Crippen LogP contribution in [0.25, 0.3) is 11.3 Å². The first-order chi connectivity index (χ1) is 12.9. The summed E-state index contributed by atoms with van der Waals surface area (Å²) < 4.78 is 0. The summed E-state index contributed by atoms with van der Waals surface area (Å²) in [6.07, 6.45) is 1.79. The third kappa shape index (κ3) is 8.69. The van der Waals surface area contributed by atoms with Gasteiger partial charge in [0.1, 0.15) is 0 Å². The quantitative estimate of drug-likeness (QED) is 0.327. The molecule has 0 radical (unpaired) electrons. The third-order valence-corrected chi connectivity index (χ3v) is 3.58. The first-order valence-corrected chi connectivity index (χ1v) is 9.21. The summed E-state index contributed by atoms with van der Waals surface area (Å²) in [5.41, 5.74) is 2.83. The lowest BCUT2D eigenvalue weighted by atomic mass is 10.1. The van der Waals surface area contributed by atoms with Gasteiger partial charge in [0.25, 0.3) is 0 Å². The van der Waals surface area contributed by atoms with Crippen LogP contribution in [-0.4, -0.2) is 35.5 Å². The highest BCUT2D eigenvalue weighted by Crippen LogP contribution is 2.18. The van der Waals surface area contributed by atoms with Crippen molar-refractivity contribution in [1.82, 2.24) is 20.9 Å². The van der Waals surface area contributed by atoms with E-state index in [0.29, 0.717) is 12.5 Å². The van der Waals surface area contributed by atoms with Crippen molar-refractivity contribution in [3.8, 4) is 11.3 Å². The zero-order chi connectivity index (χ0) is 19.7. The number of nitrogens with one attached hydrogen (secondary N) is 3. The Morgan fingerprint density at radius 2 is 1.89 bits per heavy atom. The van der Waals surface area contributed by atoms with E-state index in [4.69, 9.17) is 0 Å². The van der Waals surface area contributed by atoms with Gasteiger partial charge in [-0.2, -0.15) is 0 Å². The molecule has 1 amide bonds. The molecule has 2 rings (SSSR count). The monoisotopic (exact) mass is 495 g/mol. The fourth-order valence-corrected chi connectivity index (χ4v) is 2.50. The normalized spacial score (nSPS) is 11.4. The van der Waals surface area contributed by atoms with E-state index in [-0.39, 0.29) is 42.0 Å². The average Bonchev–Trinajstić information content (AvgIpc) is 2.63. The lowest BCUT2D eigenvalue weighted by molar-refractivity contribution is -0.121. The van der Waals surface area contributed by atoms with Crippen LogP contribution < -0.4 is 16.0 Å². The van der Waals surface area contributed by atoms with Gasteiger partial charge >= 0.3 is 0 Å². The number of hydrogen-bond donors (Lipinski definition) is 3. The molecule has 0 atom stereocenters. The number of aliphatic imine (C=N–C) groups is 1. The summed E-state index contributed by atoms with van der Waals surface area (Å²) in [7, 11) is 0. The van der Waals surface area contributed by atoms with E-state index in [0.717, 1.165) is 23.4 Å². The van der Waals surface area contributed by atoms with E-state index in [1.807, 2.05) is 64.1 Å². The molecule has 0 aliphatic heterocycles. The number of amides is 1. The van der Waals surface area contributed by atoms with Crippen LogP contribution in [0.1, 0.15) is 33.3 Å². The first-order valence-electron chi connectivity index (χ1n) is 9.21. The molecule has 0 saturated carbocycles. The third-order valence-electron chi connectivity index (χ3n) is 3.58. The van der Waals surface area contributed by atoms with Crippen molar-refractivity contribution in [2.75, 3.05) is 13.1 Å². The Labute approximate surface area is 184 Å². The second-order valence-electron chi connectivity index (χ2n) is 7.26. The second kappa shape index (κ2) is 11.6. The number of halogens is 1. The SMILES string of the molecule is CCNC(=NCc1cccc(-c2ccccn2)c1)NCC(=O)NC(C)(C)C.I. The Morgan fingerprint density at radius 1 is 1.11 bits per heavy atom. The van der Waals surface area contributed by atoms with Gasteiger partial charge in [0.05, 0.1) is 18.8 Å². The summed E-state index contributed by atoms with van der Waals surface area (Å²) in [5, 5.41) is 9.16. The van der Waals surface area contributed by atoms with Crippen LogP contribution in [0.4, 0.5) is 0 Å². The standard InChI is InChI=1S/C21H29N5O.HI/c1-5-22-20(25-15-19(27)26-21(2,3)4)24-14-16-9-8-10-17(13-16)18-11-6-7-12-23-18;/h6-13H,5,14-15H2,1-4H3,(H,26,27)(H2,22,24,25);1H. The summed E-state index contributed by atoms with van der Waals surface area (Å²) in [6.45, 7) is 9.28. The molecule has 6 nitrogen and oxygen atoms in total. The van der Waals surface area contributed by atoms with Crippen molar-refractivity contribution < 1.29 is 4.79 Å². The van der Waals surface area contributed by atoms with Gasteiger partial charge in [-0.15, -0.1) is 24.0 Å². The van der Waals surface area contributed by atoms with E-state index in [1.165, 1.54) is 0 Å². The van der Waals surface area contributed by atoms with Crippen LogP contribution in [0.5, 0.6) is 0 Å². The molecule has 0 fully saturated rings. The van der Waals surface area contributed by atoms with E-state index in [9.17, 15) is 4.79 Å². The molecule has 28 heavy (non-hydrogen) atoms. The number of nitrogens with zero attached hydrogens (tertiary/aromatic N) is 2. The fraction of sp³-hybridized carbons (Fsp3) is 0.381. The first kappa shape index (κ1) is 23.9. The number of carbonyl (C=O) groups is 1. The number of hydrogen-bond acceptors (Lipinski definition) is 3. The molecule has 1 heterocycles. The van der Waals surface area contributed by atoms with E-state index < -0.39 is 0 Å². The molecule has 0 aliphatic carbocycles. The van der Waals surface area contributed by atoms with Gasteiger partial charge < -0.3 is 16.0 Å². The highest BCUT2D eigenvalue weighted by atomic mass is 127. The lowest BCUT2D eigenvalue weighted by Crippen LogP contribution is -2.48. The van der Waals surface area contributed by atoms with Crippen molar-refractivity contribution >= 4 is 35.8 Å². The zero-order valence-corrected chi connectivity index (χ0v) is 19.3. The van der Waals surface area contributed by atoms with Crippen molar-refractivity contribution in [3.63, 3.8) is 0 Å². The number of carbonyl (C=O) groups excluding carboxylic acids is 1. The number of guanidine groups is 1. The summed E-state index contributed by atoms with van der Waals surface area (Å²) in [5.74, 6) is 0.551. The predicted molar refractivity (Wildman–Crippen MR) is 126 cm³/mol. The van der Waals surface area contributed by atoms with Gasteiger partial charge in [-0.25, -0.2) is 4.99 Å².